The Kier molecular flexibility index (Phi) is 3.14. The van der Waals surface area contributed by atoms with Crippen molar-refractivity contribution in [3.8, 4) is 5.75 Å². The molecule has 20 heavy (non-hydrogen) atoms. The maximum atomic E-state index is 12.8. The van der Waals surface area contributed by atoms with Crippen molar-refractivity contribution in [2.75, 3.05) is 13.1 Å². The predicted molar refractivity (Wildman–Crippen MR) is 70.0 cm³/mol. The molecule has 1 aromatic carbocycles. The first kappa shape index (κ1) is 12.7. The fraction of sp³-hybridized carbons (Fsp3) is 0.286. The van der Waals surface area contributed by atoms with Crippen LogP contribution in [0.5, 0.6) is 5.75 Å². The van der Waals surface area contributed by atoms with Crippen LogP contribution in [0.2, 0.25) is 0 Å². The molecule has 1 aliphatic rings. The Labute approximate surface area is 115 Å². The highest BCUT2D eigenvalue weighted by atomic mass is 19.1. The average molecular weight is 275 g/mol. The van der Waals surface area contributed by atoms with Crippen LogP contribution >= 0.6 is 0 Å². The van der Waals surface area contributed by atoms with E-state index in [4.69, 9.17) is 4.74 Å². The maximum Gasteiger partial charge on any atom is 0.272 e. The first-order chi connectivity index (χ1) is 9.61. The van der Waals surface area contributed by atoms with Crippen molar-refractivity contribution in [3.63, 3.8) is 0 Å². The second kappa shape index (κ2) is 4.96. The summed E-state index contributed by atoms with van der Waals surface area (Å²) in [6.45, 7) is 2.84. The topological polar surface area (TPSA) is 58.2 Å². The van der Waals surface area contributed by atoms with Gasteiger partial charge in [0.15, 0.2) is 0 Å². The number of imidazole rings is 1. The Balaban J connectivity index is 1.53. The summed E-state index contributed by atoms with van der Waals surface area (Å²) < 4.78 is 18.4. The van der Waals surface area contributed by atoms with E-state index in [9.17, 15) is 9.18 Å². The minimum atomic E-state index is -0.294. The van der Waals surface area contributed by atoms with E-state index < -0.39 is 0 Å². The molecule has 1 aliphatic heterocycles. The van der Waals surface area contributed by atoms with Crippen LogP contribution in [0.3, 0.4) is 0 Å². The van der Waals surface area contributed by atoms with Gasteiger partial charge < -0.3 is 14.6 Å². The molecule has 0 unspecified atom stereocenters. The molecule has 1 aromatic heterocycles. The first-order valence-corrected chi connectivity index (χ1v) is 6.35. The van der Waals surface area contributed by atoms with E-state index in [1.165, 1.54) is 18.3 Å². The Morgan fingerprint density at radius 3 is 2.70 bits per heavy atom. The summed E-state index contributed by atoms with van der Waals surface area (Å²) in [5.74, 6) is 0.954. The highest BCUT2D eigenvalue weighted by Gasteiger charge is 2.33. The van der Waals surface area contributed by atoms with Crippen LogP contribution < -0.4 is 4.74 Å². The zero-order chi connectivity index (χ0) is 14.1. The number of aromatic nitrogens is 2. The van der Waals surface area contributed by atoms with Gasteiger partial charge in [0.1, 0.15) is 29.2 Å². The van der Waals surface area contributed by atoms with Gasteiger partial charge in [0.2, 0.25) is 0 Å². The zero-order valence-electron chi connectivity index (χ0n) is 11.0. The van der Waals surface area contributed by atoms with Crippen molar-refractivity contribution in [2.24, 2.45) is 0 Å². The fourth-order valence-electron chi connectivity index (χ4n) is 2.08. The number of rotatable bonds is 3. The Bertz CT molecular complexity index is 618. The largest absolute Gasteiger partial charge is 0.487 e. The average Bonchev–Trinajstić information content (AvgIpc) is 2.81. The smallest absolute Gasteiger partial charge is 0.272 e. The number of nitrogens with one attached hydrogen (secondary N) is 1. The molecule has 3 rings (SSSR count). The molecule has 5 nitrogen and oxygen atoms in total. The highest BCUT2D eigenvalue weighted by molar-refractivity contribution is 5.92. The summed E-state index contributed by atoms with van der Waals surface area (Å²) in [5, 5.41) is 0. The number of halogens is 1. The molecule has 0 saturated carbocycles. The van der Waals surface area contributed by atoms with Gasteiger partial charge in [0.05, 0.1) is 19.3 Å². The number of likely N-dealkylation sites (tertiary alicyclic amines) is 1. The zero-order valence-corrected chi connectivity index (χ0v) is 11.0. The number of hydrogen-bond acceptors (Lipinski definition) is 3. The van der Waals surface area contributed by atoms with Crippen molar-refractivity contribution < 1.29 is 13.9 Å². The van der Waals surface area contributed by atoms with Crippen LogP contribution in [0.4, 0.5) is 4.39 Å². The summed E-state index contributed by atoms with van der Waals surface area (Å²) >= 11 is 0. The number of hydrogen-bond donors (Lipinski definition) is 1. The van der Waals surface area contributed by atoms with Gasteiger partial charge >= 0.3 is 0 Å². The minimum absolute atomic E-state index is 0.0478. The predicted octanol–water partition coefficient (Wildman–Crippen LogP) is 1.76. The number of aryl methyl sites for hydroxylation is 1. The maximum absolute atomic E-state index is 12.8. The van der Waals surface area contributed by atoms with Gasteiger partial charge in [-0.05, 0) is 31.2 Å². The molecule has 104 valence electrons. The molecule has 0 spiro atoms. The monoisotopic (exact) mass is 275 g/mol. The summed E-state index contributed by atoms with van der Waals surface area (Å²) in [5.41, 5.74) is 0.489. The molecule has 0 radical (unpaired) electrons. The van der Waals surface area contributed by atoms with Crippen LogP contribution in [-0.2, 0) is 0 Å². The Morgan fingerprint density at radius 2 is 2.10 bits per heavy atom. The second-order valence-electron chi connectivity index (χ2n) is 4.79. The summed E-state index contributed by atoms with van der Waals surface area (Å²) in [6.07, 6.45) is 1.49. The standard InChI is InChI=1S/C14H14FN3O2/c1-9-16-6-13(17-9)14(19)18-7-12(8-18)20-11-4-2-10(15)3-5-11/h2-6,12H,7-8H2,1H3,(H,16,17). The van der Waals surface area contributed by atoms with Gasteiger partial charge in [0, 0.05) is 0 Å². The van der Waals surface area contributed by atoms with Crippen molar-refractivity contribution in [3.05, 3.63) is 47.8 Å². The summed E-state index contributed by atoms with van der Waals surface area (Å²) in [7, 11) is 0. The summed E-state index contributed by atoms with van der Waals surface area (Å²) in [6, 6.07) is 5.87. The molecule has 0 bridgehead atoms. The van der Waals surface area contributed by atoms with Crippen LogP contribution in [0.25, 0.3) is 0 Å². The van der Waals surface area contributed by atoms with Gasteiger partial charge in [-0.1, -0.05) is 0 Å². The number of nitrogens with zero attached hydrogens (tertiary/aromatic N) is 2. The number of aromatic amines is 1. The highest BCUT2D eigenvalue weighted by Crippen LogP contribution is 2.19. The van der Waals surface area contributed by atoms with Gasteiger partial charge in [-0.3, -0.25) is 4.79 Å². The second-order valence-corrected chi connectivity index (χ2v) is 4.79. The van der Waals surface area contributed by atoms with E-state index in [1.54, 1.807) is 24.0 Å². The molecule has 1 fully saturated rings. The van der Waals surface area contributed by atoms with E-state index in [2.05, 4.69) is 9.97 Å². The van der Waals surface area contributed by atoms with E-state index in [-0.39, 0.29) is 17.8 Å². The van der Waals surface area contributed by atoms with Crippen molar-refractivity contribution in [1.82, 2.24) is 14.9 Å². The number of H-pyrrole nitrogens is 1. The van der Waals surface area contributed by atoms with Gasteiger partial charge in [0.25, 0.3) is 5.91 Å². The molecule has 1 saturated heterocycles. The lowest BCUT2D eigenvalue weighted by Crippen LogP contribution is -2.56. The SMILES string of the molecule is Cc1ncc(C(=O)N2CC(Oc3ccc(F)cc3)C2)[nH]1. The van der Waals surface area contributed by atoms with Crippen molar-refractivity contribution in [2.45, 2.75) is 13.0 Å². The number of ether oxygens (including phenoxy) is 1. The molecule has 6 heteroatoms. The third-order valence-electron chi connectivity index (χ3n) is 3.18. The van der Waals surface area contributed by atoms with E-state index in [1.807, 2.05) is 0 Å². The third kappa shape index (κ3) is 2.49. The summed E-state index contributed by atoms with van der Waals surface area (Å²) in [4.78, 5) is 20.6. The van der Waals surface area contributed by atoms with Crippen molar-refractivity contribution in [1.29, 1.82) is 0 Å². The van der Waals surface area contributed by atoms with Crippen LogP contribution in [0.1, 0.15) is 16.3 Å². The van der Waals surface area contributed by atoms with Crippen LogP contribution in [0, 0.1) is 12.7 Å². The number of carbonyl (C=O) groups excluding carboxylic acids is 1. The Morgan fingerprint density at radius 1 is 1.40 bits per heavy atom. The lowest BCUT2D eigenvalue weighted by Gasteiger charge is -2.38. The fourth-order valence-corrected chi connectivity index (χ4v) is 2.08. The van der Waals surface area contributed by atoms with Gasteiger partial charge in [-0.15, -0.1) is 0 Å². The van der Waals surface area contributed by atoms with E-state index in [0.29, 0.717) is 30.4 Å². The molecule has 1 N–H and O–H groups in total. The molecule has 0 aliphatic carbocycles. The van der Waals surface area contributed by atoms with Gasteiger partial charge in [-0.2, -0.15) is 0 Å². The Hall–Kier alpha value is -2.37. The van der Waals surface area contributed by atoms with E-state index in [0.717, 1.165) is 0 Å². The number of amides is 1. The molecule has 1 amide bonds. The molecule has 2 heterocycles. The lowest BCUT2D eigenvalue weighted by atomic mass is 10.1. The molecule has 2 aromatic rings. The van der Waals surface area contributed by atoms with Crippen molar-refractivity contribution >= 4 is 5.91 Å². The molecular formula is C14H14FN3O2. The third-order valence-corrected chi connectivity index (χ3v) is 3.18. The van der Waals surface area contributed by atoms with E-state index >= 15 is 0 Å². The van der Waals surface area contributed by atoms with Crippen LogP contribution in [0.15, 0.2) is 30.5 Å². The lowest BCUT2D eigenvalue weighted by molar-refractivity contribution is 0.0173. The number of benzene rings is 1. The first-order valence-electron chi connectivity index (χ1n) is 6.35. The molecule has 0 atom stereocenters. The van der Waals surface area contributed by atoms with Gasteiger partial charge in [-0.25, -0.2) is 9.37 Å². The molecular weight excluding hydrogens is 261 g/mol. The quantitative estimate of drug-likeness (QED) is 0.928. The van der Waals surface area contributed by atoms with Crippen LogP contribution in [-0.4, -0.2) is 40.0 Å². The number of carbonyl (C=O) groups is 1. The normalized spacial score (nSPS) is 15.0. The minimum Gasteiger partial charge on any atom is -0.487 e.